The standard InChI is InChI=1S/C23H28F3N5O3/c1-5-22(3,33)19-21(32)30-18-12(2)28-17(29-20(18)31(19)4)10-13-8-15(9-13)34-14-6-7-16(27-11-14)23(24,25)26/h6-7,11,13,15,19,33H,5,8-10H2,1-4H3,(H,30,32)/t13?,15?,19-,22-/m0/s1. The minimum Gasteiger partial charge on any atom is -0.489 e. The number of pyridine rings is 1. The maximum Gasteiger partial charge on any atom is 0.433 e. The third-order valence-corrected chi connectivity index (χ3v) is 6.63. The highest BCUT2D eigenvalue weighted by Gasteiger charge is 2.44. The molecule has 34 heavy (non-hydrogen) atoms. The molecule has 2 aromatic heterocycles. The minimum absolute atomic E-state index is 0.103. The Morgan fingerprint density at radius 1 is 1.26 bits per heavy atom. The summed E-state index contributed by atoms with van der Waals surface area (Å²) in [6.45, 7) is 5.26. The number of likely N-dealkylation sites (N-methyl/N-ethyl adjacent to an activating group) is 1. The highest BCUT2D eigenvalue weighted by molar-refractivity contribution is 6.04. The smallest absolute Gasteiger partial charge is 0.433 e. The van der Waals surface area contributed by atoms with Gasteiger partial charge in [0.1, 0.15) is 29.0 Å². The zero-order chi connectivity index (χ0) is 24.8. The molecule has 1 saturated carbocycles. The molecule has 184 valence electrons. The number of aliphatic hydroxyl groups is 1. The van der Waals surface area contributed by atoms with Crippen LogP contribution in [0.25, 0.3) is 0 Å². The van der Waals surface area contributed by atoms with E-state index in [1.54, 1.807) is 25.8 Å². The molecular weight excluding hydrogens is 451 g/mol. The van der Waals surface area contributed by atoms with E-state index in [4.69, 9.17) is 4.74 Å². The second kappa shape index (κ2) is 8.68. The van der Waals surface area contributed by atoms with E-state index in [9.17, 15) is 23.1 Å². The number of alkyl halides is 3. The van der Waals surface area contributed by atoms with Crippen molar-refractivity contribution in [3.05, 3.63) is 35.5 Å². The molecule has 1 fully saturated rings. The summed E-state index contributed by atoms with van der Waals surface area (Å²) in [5.74, 6) is 1.49. The number of hydrogen-bond acceptors (Lipinski definition) is 7. The molecule has 3 heterocycles. The Morgan fingerprint density at radius 3 is 2.56 bits per heavy atom. The van der Waals surface area contributed by atoms with Crippen molar-refractivity contribution in [1.29, 1.82) is 0 Å². The fourth-order valence-corrected chi connectivity index (χ4v) is 4.50. The number of halogens is 3. The zero-order valence-electron chi connectivity index (χ0n) is 19.5. The van der Waals surface area contributed by atoms with Gasteiger partial charge in [-0.3, -0.25) is 4.79 Å². The first-order valence-corrected chi connectivity index (χ1v) is 11.2. The molecule has 0 radical (unpaired) electrons. The van der Waals surface area contributed by atoms with Crippen LogP contribution in [0.3, 0.4) is 0 Å². The van der Waals surface area contributed by atoms with Gasteiger partial charge in [-0.25, -0.2) is 15.0 Å². The number of aromatic nitrogens is 3. The summed E-state index contributed by atoms with van der Waals surface area (Å²) in [7, 11) is 1.74. The van der Waals surface area contributed by atoms with E-state index in [1.807, 2.05) is 6.92 Å². The van der Waals surface area contributed by atoms with Gasteiger partial charge in [-0.1, -0.05) is 6.92 Å². The Morgan fingerprint density at radius 2 is 1.97 bits per heavy atom. The number of nitrogens with zero attached hydrogens (tertiary/aromatic N) is 4. The largest absolute Gasteiger partial charge is 0.489 e. The van der Waals surface area contributed by atoms with E-state index in [0.717, 1.165) is 25.1 Å². The van der Waals surface area contributed by atoms with E-state index >= 15 is 0 Å². The first-order valence-electron chi connectivity index (χ1n) is 11.2. The van der Waals surface area contributed by atoms with Gasteiger partial charge >= 0.3 is 6.18 Å². The molecule has 0 spiro atoms. The molecule has 2 atom stereocenters. The molecule has 8 nitrogen and oxygen atoms in total. The SMILES string of the molecule is CC[C@](C)(O)[C@@H]1C(=O)Nc2c(C)nc(CC3CC(Oc4ccc(C(F)(F)F)nc4)C3)nc2N1C. The number of fused-ring (bicyclic) bond motifs is 1. The summed E-state index contributed by atoms with van der Waals surface area (Å²) in [5, 5.41) is 13.6. The van der Waals surface area contributed by atoms with Gasteiger partial charge in [0.15, 0.2) is 5.82 Å². The quantitative estimate of drug-likeness (QED) is 0.654. The molecule has 1 amide bonds. The van der Waals surface area contributed by atoms with Crippen LogP contribution >= 0.6 is 0 Å². The first kappa shape index (κ1) is 24.2. The summed E-state index contributed by atoms with van der Waals surface area (Å²) in [4.78, 5) is 27.0. The third kappa shape index (κ3) is 4.66. The van der Waals surface area contributed by atoms with Crippen LogP contribution in [0.15, 0.2) is 18.3 Å². The number of ether oxygens (including phenoxy) is 1. The number of aryl methyl sites for hydroxylation is 1. The lowest BCUT2D eigenvalue weighted by Gasteiger charge is -2.42. The van der Waals surface area contributed by atoms with Crippen molar-refractivity contribution in [2.24, 2.45) is 5.92 Å². The molecule has 0 unspecified atom stereocenters. The average molecular weight is 480 g/mol. The third-order valence-electron chi connectivity index (χ3n) is 6.63. The van der Waals surface area contributed by atoms with Crippen LogP contribution < -0.4 is 15.0 Å². The fourth-order valence-electron chi connectivity index (χ4n) is 4.50. The minimum atomic E-state index is -4.48. The summed E-state index contributed by atoms with van der Waals surface area (Å²) in [6.07, 6.45) is -1.03. The van der Waals surface area contributed by atoms with Crippen LogP contribution in [0.1, 0.15) is 50.3 Å². The van der Waals surface area contributed by atoms with Gasteiger partial charge in [0.2, 0.25) is 5.91 Å². The number of carbonyl (C=O) groups is 1. The topological polar surface area (TPSA) is 100 Å². The van der Waals surface area contributed by atoms with Crippen LogP contribution in [0.2, 0.25) is 0 Å². The second-order valence-electron chi connectivity index (χ2n) is 9.30. The molecule has 0 aromatic carbocycles. The number of hydrogen-bond donors (Lipinski definition) is 2. The van der Waals surface area contributed by atoms with E-state index in [-0.39, 0.29) is 17.9 Å². The summed E-state index contributed by atoms with van der Waals surface area (Å²) in [5.41, 5.74) is -0.974. The summed E-state index contributed by atoms with van der Waals surface area (Å²) in [6, 6.07) is 1.42. The molecule has 11 heteroatoms. The Hall–Kier alpha value is -2.95. The van der Waals surface area contributed by atoms with Gasteiger partial charge in [0.05, 0.1) is 23.6 Å². The van der Waals surface area contributed by atoms with Gasteiger partial charge in [-0.2, -0.15) is 13.2 Å². The van der Waals surface area contributed by atoms with Crippen molar-refractivity contribution < 1.29 is 27.8 Å². The molecule has 0 bridgehead atoms. The van der Waals surface area contributed by atoms with Gasteiger partial charge in [0, 0.05) is 13.5 Å². The summed E-state index contributed by atoms with van der Waals surface area (Å²) >= 11 is 0. The van der Waals surface area contributed by atoms with Gasteiger partial charge in [-0.05, 0) is 51.2 Å². The molecule has 1 aliphatic carbocycles. The lowest BCUT2D eigenvalue weighted by molar-refractivity contribution is -0.141. The van der Waals surface area contributed by atoms with Gasteiger partial charge < -0.3 is 20.1 Å². The Labute approximate surface area is 195 Å². The van der Waals surface area contributed by atoms with Crippen LogP contribution in [0.5, 0.6) is 5.75 Å². The highest BCUT2D eigenvalue weighted by Crippen LogP contribution is 2.38. The molecule has 2 aliphatic rings. The Kier molecular flexibility index (Phi) is 6.17. The number of carbonyl (C=O) groups excluding carboxylic acids is 1. The maximum absolute atomic E-state index is 12.7. The van der Waals surface area contributed by atoms with Crippen molar-refractivity contribution in [2.75, 3.05) is 17.3 Å². The van der Waals surface area contributed by atoms with Crippen molar-refractivity contribution in [3.63, 3.8) is 0 Å². The molecule has 4 rings (SSSR count). The fraction of sp³-hybridized carbons (Fsp3) is 0.565. The van der Waals surface area contributed by atoms with Crippen molar-refractivity contribution in [1.82, 2.24) is 15.0 Å². The zero-order valence-corrected chi connectivity index (χ0v) is 19.5. The van der Waals surface area contributed by atoms with Crippen molar-refractivity contribution in [3.8, 4) is 5.75 Å². The van der Waals surface area contributed by atoms with Crippen molar-refractivity contribution >= 4 is 17.4 Å². The second-order valence-corrected chi connectivity index (χ2v) is 9.30. The average Bonchev–Trinajstić information content (AvgIpc) is 2.73. The molecule has 2 aromatic rings. The van der Waals surface area contributed by atoms with Crippen LogP contribution in [0, 0.1) is 12.8 Å². The molecule has 0 saturated heterocycles. The Bertz CT molecular complexity index is 1070. The van der Waals surface area contributed by atoms with Gasteiger partial charge in [-0.15, -0.1) is 0 Å². The predicted molar refractivity (Wildman–Crippen MR) is 119 cm³/mol. The lowest BCUT2D eigenvalue weighted by atomic mass is 9.80. The molecule has 2 N–H and O–H groups in total. The number of amides is 1. The van der Waals surface area contributed by atoms with Crippen LogP contribution in [0.4, 0.5) is 24.7 Å². The number of anilines is 2. The number of rotatable bonds is 6. The van der Waals surface area contributed by atoms with E-state index in [2.05, 4.69) is 20.3 Å². The molecule has 1 aliphatic heterocycles. The van der Waals surface area contributed by atoms with Crippen LogP contribution in [-0.2, 0) is 17.4 Å². The van der Waals surface area contributed by atoms with E-state index in [1.165, 1.54) is 6.07 Å². The normalized spacial score (nSPS) is 24.1. The number of nitrogens with one attached hydrogen (secondary N) is 1. The predicted octanol–water partition coefficient (Wildman–Crippen LogP) is 3.52. The molecular formula is C23H28F3N5O3. The first-order chi connectivity index (χ1) is 15.9. The van der Waals surface area contributed by atoms with Crippen molar-refractivity contribution in [2.45, 2.75) is 70.4 Å². The monoisotopic (exact) mass is 479 g/mol. The highest BCUT2D eigenvalue weighted by atomic mass is 19.4. The lowest BCUT2D eigenvalue weighted by Crippen LogP contribution is -2.59. The van der Waals surface area contributed by atoms with Crippen LogP contribution in [-0.4, -0.2) is 50.8 Å². The summed E-state index contributed by atoms with van der Waals surface area (Å²) < 4.78 is 43.7. The van der Waals surface area contributed by atoms with E-state index < -0.39 is 23.5 Å². The van der Waals surface area contributed by atoms with E-state index in [0.29, 0.717) is 41.6 Å². The Balaban J connectivity index is 1.40. The maximum atomic E-state index is 12.7. The van der Waals surface area contributed by atoms with Gasteiger partial charge in [0.25, 0.3) is 0 Å².